The highest BCUT2D eigenvalue weighted by Crippen LogP contribution is 2.16. The number of carbonyl (C=O) groups is 1. The second kappa shape index (κ2) is 4.62. The first-order chi connectivity index (χ1) is 8.09. The average molecular weight is 296 g/mol. The van der Waals surface area contributed by atoms with Gasteiger partial charge in [-0.3, -0.25) is 4.79 Å². The van der Waals surface area contributed by atoms with Crippen LogP contribution in [0.3, 0.4) is 0 Å². The lowest BCUT2D eigenvalue weighted by Crippen LogP contribution is -2.22. The number of halogens is 1. The van der Waals surface area contributed by atoms with Gasteiger partial charge in [-0.15, -0.1) is 0 Å². The number of hydrogen-bond donors (Lipinski definition) is 0. The van der Waals surface area contributed by atoms with Crippen molar-refractivity contribution in [3.63, 3.8) is 0 Å². The van der Waals surface area contributed by atoms with Crippen LogP contribution in [0.5, 0.6) is 0 Å². The van der Waals surface area contributed by atoms with Crippen molar-refractivity contribution in [3.8, 4) is 5.82 Å². The van der Waals surface area contributed by atoms with Gasteiger partial charge in [0.25, 0.3) is 5.91 Å². The van der Waals surface area contributed by atoms with E-state index in [1.165, 1.54) is 15.9 Å². The van der Waals surface area contributed by atoms with Crippen LogP contribution in [0.1, 0.15) is 10.5 Å². The van der Waals surface area contributed by atoms with Crippen LogP contribution < -0.4 is 0 Å². The quantitative estimate of drug-likeness (QED) is 0.833. The van der Waals surface area contributed by atoms with Crippen LogP contribution in [0.4, 0.5) is 0 Å². The van der Waals surface area contributed by atoms with Crippen LogP contribution in [0, 0.1) is 0 Å². The summed E-state index contributed by atoms with van der Waals surface area (Å²) in [7, 11) is 3.36. The maximum atomic E-state index is 11.7. The molecule has 7 heteroatoms. The zero-order valence-corrected chi connectivity index (χ0v) is 10.9. The minimum absolute atomic E-state index is 0.145. The number of amides is 1. The summed E-state index contributed by atoms with van der Waals surface area (Å²) >= 11 is 3.33. The first-order valence-electron chi connectivity index (χ1n) is 4.83. The van der Waals surface area contributed by atoms with Crippen molar-refractivity contribution in [2.45, 2.75) is 0 Å². The molecule has 0 aliphatic carbocycles. The number of rotatable bonds is 2. The zero-order chi connectivity index (χ0) is 12.4. The van der Waals surface area contributed by atoms with E-state index in [-0.39, 0.29) is 5.91 Å². The molecule has 2 aromatic heterocycles. The molecular weight excluding hydrogens is 286 g/mol. The highest BCUT2D eigenvalue weighted by Gasteiger charge is 2.13. The van der Waals surface area contributed by atoms with Crippen molar-refractivity contribution in [1.82, 2.24) is 24.6 Å². The summed E-state index contributed by atoms with van der Waals surface area (Å²) in [5.41, 5.74) is 0.375. The van der Waals surface area contributed by atoms with Gasteiger partial charge in [0.05, 0.1) is 4.47 Å². The lowest BCUT2D eigenvalue weighted by atomic mass is 10.4. The summed E-state index contributed by atoms with van der Waals surface area (Å²) in [6.45, 7) is 0. The molecule has 88 valence electrons. The van der Waals surface area contributed by atoms with Gasteiger partial charge in [0.2, 0.25) is 0 Å². The third-order valence-corrected chi connectivity index (χ3v) is 2.64. The van der Waals surface area contributed by atoms with Gasteiger partial charge in [0.1, 0.15) is 6.33 Å². The Morgan fingerprint density at radius 2 is 2.24 bits per heavy atom. The second-order valence-electron chi connectivity index (χ2n) is 3.54. The van der Waals surface area contributed by atoms with E-state index in [1.54, 1.807) is 32.6 Å². The summed E-state index contributed by atoms with van der Waals surface area (Å²) in [6, 6.07) is 1.65. The molecule has 2 aromatic rings. The molecule has 0 atom stereocenters. The Balaban J connectivity index is 2.37. The van der Waals surface area contributed by atoms with Crippen LogP contribution >= 0.6 is 15.9 Å². The van der Waals surface area contributed by atoms with Crippen molar-refractivity contribution < 1.29 is 4.79 Å². The van der Waals surface area contributed by atoms with Crippen molar-refractivity contribution in [3.05, 3.63) is 35.0 Å². The van der Waals surface area contributed by atoms with E-state index in [0.717, 1.165) is 0 Å². The molecule has 0 unspecified atom stereocenters. The largest absolute Gasteiger partial charge is 0.343 e. The van der Waals surface area contributed by atoms with Gasteiger partial charge in [-0.2, -0.15) is 5.10 Å². The van der Waals surface area contributed by atoms with Crippen molar-refractivity contribution in [1.29, 1.82) is 0 Å². The third kappa shape index (κ3) is 2.33. The fraction of sp³-hybridized carbons (Fsp3) is 0.200. The van der Waals surface area contributed by atoms with Crippen molar-refractivity contribution in [2.75, 3.05) is 14.1 Å². The van der Waals surface area contributed by atoms with Crippen LogP contribution in [-0.2, 0) is 0 Å². The molecule has 2 heterocycles. The Hall–Kier alpha value is -1.76. The summed E-state index contributed by atoms with van der Waals surface area (Å²) in [4.78, 5) is 21.1. The Bertz CT molecular complexity index is 551. The average Bonchev–Trinajstić information content (AvgIpc) is 2.77. The first kappa shape index (κ1) is 11.7. The predicted molar refractivity (Wildman–Crippen MR) is 64.9 cm³/mol. The number of nitrogens with zero attached hydrogens (tertiary/aromatic N) is 5. The van der Waals surface area contributed by atoms with Crippen LogP contribution in [-0.4, -0.2) is 44.7 Å². The Morgan fingerprint density at radius 1 is 1.47 bits per heavy atom. The molecule has 0 saturated heterocycles. The topological polar surface area (TPSA) is 63.9 Å². The molecule has 6 nitrogen and oxygen atoms in total. The molecule has 0 saturated carbocycles. The molecule has 0 N–H and O–H groups in total. The van der Waals surface area contributed by atoms with Gasteiger partial charge in [-0.25, -0.2) is 14.6 Å². The maximum absolute atomic E-state index is 11.7. The van der Waals surface area contributed by atoms with Gasteiger partial charge in [0, 0.05) is 26.5 Å². The van der Waals surface area contributed by atoms with Crippen LogP contribution in [0.25, 0.3) is 5.82 Å². The van der Waals surface area contributed by atoms with Gasteiger partial charge in [0.15, 0.2) is 11.5 Å². The molecule has 0 aliphatic heterocycles. The van der Waals surface area contributed by atoms with Gasteiger partial charge >= 0.3 is 0 Å². The van der Waals surface area contributed by atoms with Gasteiger partial charge in [-0.1, -0.05) is 0 Å². The Labute approximate surface area is 106 Å². The van der Waals surface area contributed by atoms with E-state index < -0.39 is 0 Å². The van der Waals surface area contributed by atoms with Gasteiger partial charge in [-0.05, 0) is 22.0 Å². The summed E-state index contributed by atoms with van der Waals surface area (Å²) in [6.07, 6.45) is 4.73. The standard InChI is InChI=1S/C10H10BrN5O/c1-15(2)10(17)8-3-4-16(14-8)9-7(11)5-12-6-13-9/h3-6H,1-2H3. The lowest BCUT2D eigenvalue weighted by Gasteiger charge is -2.07. The lowest BCUT2D eigenvalue weighted by molar-refractivity contribution is 0.0821. The van der Waals surface area contributed by atoms with E-state index in [0.29, 0.717) is 16.0 Å². The maximum Gasteiger partial charge on any atom is 0.273 e. The van der Waals surface area contributed by atoms with E-state index in [1.807, 2.05) is 0 Å². The first-order valence-corrected chi connectivity index (χ1v) is 5.62. The summed E-state index contributed by atoms with van der Waals surface area (Å²) < 4.78 is 2.25. The SMILES string of the molecule is CN(C)C(=O)c1ccn(-c2ncncc2Br)n1. The smallest absolute Gasteiger partial charge is 0.273 e. The van der Waals surface area contributed by atoms with E-state index in [9.17, 15) is 4.79 Å². The fourth-order valence-corrected chi connectivity index (χ4v) is 1.66. The Morgan fingerprint density at radius 3 is 2.88 bits per heavy atom. The van der Waals surface area contributed by atoms with Crippen LogP contribution in [0.2, 0.25) is 0 Å². The predicted octanol–water partition coefficient (Wildman–Crippen LogP) is 1.13. The third-order valence-electron chi connectivity index (χ3n) is 2.08. The molecule has 0 radical (unpaired) electrons. The van der Waals surface area contributed by atoms with E-state index in [4.69, 9.17) is 0 Å². The van der Waals surface area contributed by atoms with Gasteiger partial charge < -0.3 is 4.90 Å². The molecule has 0 spiro atoms. The summed E-state index contributed by atoms with van der Waals surface area (Å²) in [5, 5.41) is 4.17. The molecule has 17 heavy (non-hydrogen) atoms. The molecule has 0 aromatic carbocycles. The molecule has 0 bridgehead atoms. The summed E-state index contributed by atoms with van der Waals surface area (Å²) in [5.74, 6) is 0.451. The van der Waals surface area contributed by atoms with Crippen molar-refractivity contribution >= 4 is 21.8 Å². The number of hydrogen-bond acceptors (Lipinski definition) is 4. The highest BCUT2D eigenvalue weighted by molar-refractivity contribution is 9.10. The number of aromatic nitrogens is 4. The highest BCUT2D eigenvalue weighted by atomic mass is 79.9. The second-order valence-corrected chi connectivity index (χ2v) is 4.39. The molecule has 0 aliphatic rings. The fourth-order valence-electron chi connectivity index (χ4n) is 1.26. The molecule has 0 fully saturated rings. The molecule has 2 rings (SSSR count). The monoisotopic (exact) mass is 295 g/mol. The van der Waals surface area contributed by atoms with Crippen LogP contribution in [0.15, 0.2) is 29.3 Å². The Kier molecular flexibility index (Phi) is 3.19. The van der Waals surface area contributed by atoms with Crippen molar-refractivity contribution in [2.24, 2.45) is 0 Å². The molecular formula is C10H10BrN5O. The minimum Gasteiger partial charge on any atom is -0.343 e. The van der Waals surface area contributed by atoms with E-state index >= 15 is 0 Å². The van der Waals surface area contributed by atoms with E-state index in [2.05, 4.69) is 31.0 Å². The zero-order valence-electron chi connectivity index (χ0n) is 9.33. The number of carbonyl (C=O) groups excluding carboxylic acids is 1. The normalized spacial score (nSPS) is 10.3. The minimum atomic E-state index is -0.145. The molecule has 1 amide bonds.